The van der Waals surface area contributed by atoms with Crippen LogP contribution in [-0.2, 0) is 4.79 Å². The molecule has 0 amide bonds. The second kappa shape index (κ2) is 6.44. The molecule has 2 atom stereocenters. The van der Waals surface area contributed by atoms with Crippen molar-refractivity contribution in [3.05, 3.63) is 35.9 Å². The molecule has 0 aromatic heterocycles. The van der Waals surface area contributed by atoms with Crippen LogP contribution in [0.5, 0.6) is 0 Å². The third kappa shape index (κ3) is 3.78. The Hall–Kier alpha value is -1.15. The molecule has 1 aromatic carbocycles. The summed E-state index contributed by atoms with van der Waals surface area (Å²) in [4.78, 5) is 11.9. The molecule has 0 saturated carbocycles. The predicted molar refractivity (Wildman–Crippen MR) is 67.1 cm³/mol. The minimum Gasteiger partial charge on any atom is -0.318 e. The Morgan fingerprint density at radius 3 is 2.50 bits per heavy atom. The average Bonchev–Trinajstić information content (AvgIpc) is 2.29. The fourth-order valence-electron chi connectivity index (χ4n) is 1.91. The number of carbonyl (C=O) groups excluding carboxylic acids is 1. The van der Waals surface area contributed by atoms with E-state index in [0.29, 0.717) is 12.3 Å². The zero-order valence-electron chi connectivity index (χ0n) is 10.1. The second-order valence-corrected chi connectivity index (χ2v) is 4.45. The van der Waals surface area contributed by atoms with Gasteiger partial charge in [-0.15, -0.1) is 0 Å². The largest absolute Gasteiger partial charge is 0.318 e. The first kappa shape index (κ1) is 12.9. The molecule has 0 radical (unpaired) electrons. The lowest BCUT2D eigenvalue weighted by Gasteiger charge is -2.14. The van der Waals surface area contributed by atoms with Gasteiger partial charge in [0.1, 0.15) is 0 Å². The van der Waals surface area contributed by atoms with E-state index in [1.807, 2.05) is 30.3 Å². The average molecular weight is 219 g/mol. The molecule has 0 aliphatic heterocycles. The number of hydrogen-bond donors (Lipinski definition) is 1. The highest BCUT2D eigenvalue weighted by Crippen LogP contribution is 2.17. The van der Waals surface area contributed by atoms with Crippen LogP contribution in [0.15, 0.2) is 30.3 Å². The molecule has 0 spiro atoms. The summed E-state index contributed by atoms with van der Waals surface area (Å²) in [6.45, 7) is 4.25. The Kier molecular flexibility index (Phi) is 5.20. The van der Waals surface area contributed by atoms with Gasteiger partial charge in [0.05, 0.1) is 6.04 Å². The van der Waals surface area contributed by atoms with Gasteiger partial charge in [-0.1, -0.05) is 57.0 Å². The first-order chi connectivity index (χ1) is 7.65. The smallest absolute Gasteiger partial charge is 0.154 e. The summed E-state index contributed by atoms with van der Waals surface area (Å²) < 4.78 is 0. The van der Waals surface area contributed by atoms with Gasteiger partial charge in [-0.2, -0.15) is 0 Å². The highest BCUT2D eigenvalue weighted by Gasteiger charge is 2.17. The van der Waals surface area contributed by atoms with Gasteiger partial charge in [-0.25, -0.2) is 0 Å². The maximum absolute atomic E-state index is 11.9. The van der Waals surface area contributed by atoms with Gasteiger partial charge in [0.25, 0.3) is 0 Å². The lowest BCUT2D eigenvalue weighted by Crippen LogP contribution is -2.23. The minimum absolute atomic E-state index is 0.146. The maximum Gasteiger partial charge on any atom is 0.154 e. The summed E-state index contributed by atoms with van der Waals surface area (Å²) in [7, 11) is 0. The molecule has 0 heterocycles. The van der Waals surface area contributed by atoms with Crippen LogP contribution in [0.1, 0.15) is 44.7 Å². The molecule has 0 fully saturated rings. The van der Waals surface area contributed by atoms with Gasteiger partial charge in [0.2, 0.25) is 0 Å². The number of rotatable bonds is 6. The van der Waals surface area contributed by atoms with E-state index in [1.54, 1.807) is 0 Å². The Morgan fingerprint density at radius 1 is 1.31 bits per heavy atom. The van der Waals surface area contributed by atoms with Crippen LogP contribution in [0.4, 0.5) is 0 Å². The molecule has 1 aromatic rings. The number of Topliss-reactive ketones (excluding diaryl/α,β-unsaturated/α-hetero) is 1. The third-order valence-corrected chi connectivity index (χ3v) is 2.84. The molecular formula is C14H21NO. The predicted octanol–water partition coefficient (Wildman–Crippen LogP) is 3.08. The first-order valence-corrected chi connectivity index (χ1v) is 5.98. The Labute approximate surface area is 97.9 Å². The van der Waals surface area contributed by atoms with Crippen molar-refractivity contribution < 1.29 is 4.79 Å². The highest BCUT2D eigenvalue weighted by atomic mass is 16.1. The van der Waals surface area contributed by atoms with Gasteiger partial charge in [-0.05, 0) is 11.5 Å². The topological polar surface area (TPSA) is 43.1 Å². The lowest BCUT2D eigenvalue weighted by atomic mass is 9.93. The van der Waals surface area contributed by atoms with Gasteiger partial charge < -0.3 is 5.73 Å². The Morgan fingerprint density at radius 2 is 1.94 bits per heavy atom. The fourth-order valence-corrected chi connectivity index (χ4v) is 1.91. The van der Waals surface area contributed by atoms with Crippen molar-refractivity contribution in [2.24, 2.45) is 11.7 Å². The molecule has 88 valence electrons. The number of ketones is 1. The summed E-state index contributed by atoms with van der Waals surface area (Å²) >= 11 is 0. The molecule has 0 bridgehead atoms. The summed E-state index contributed by atoms with van der Waals surface area (Å²) in [5, 5.41) is 0. The van der Waals surface area contributed by atoms with Gasteiger partial charge in [-0.3, -0.25) is 4.79 Å². The van der Waals surface area contributed by atoms with E-state index in [1.165, 1.54) is 0 Å². The van der Waals surface area contributed by atoms with Crippen molar-refractivity contribution in [2.45, 2.75) is 39.2 Å². The van der Waals surface area contributed by atoms with E-state index >= 15 is 0 Å². The third-order valence-electron chi connectivity index (χ3n) is 2.84. The normalized spacial score (nSPS) is 14.4. The van der Waals surface area contributed by atoms with E-state index in [9.17, 15) is 4.79 Å². The van der Waals surface area contributed by atoms with E-state index < -0.39 is 6.04 Å². The van der Waals surface area contributed by atoms with Crippen LogP contribution in [-0.4, -0.2) is 5.78 Å². The molecule has 1 unspecified atom stereocenters. The van der Waals surface area contributed by atoms with E-state index in [0.717, 1.165) is 18.4 Å². The van der Waals surface area contributed by atoms with Crippen molar-refractivity contribution in [2.75, 3.05) is 0 Å². The zero-order valence-corrected chi connectivity index (χ0v) is 10.1. The summed E-state index contributed by atoms with van der Waals surface area (Å²) in [5.74, 6) is 0.583. The molecule has 0 saturated heterocycles. The standard InChI is InChI=1S/C14H21NO/c1-3-7-11(2)10-13(16)14(15)12-8-5-4-6-9-12/h4-6,8-9,11,14H,3,7,10,15H2,1-2H3/t11?,14-/m1/s1. The van der Waals surface area contributed by atoms with Crippen molar-refractivity contribution in [3.8, 4) is 0 Å². The Balaban J connectivity index is 2.55. The van der Waals surface area contributed by atoms with Crippen LogP contribution in [0.25, 0.3) is 0 Å². The summed E-state index contributed by atoms with van der Waals surface area (Å²) in [6, 6.07) is 9.12. The Bertz CT molecular complexity index is 321. The van der Waals surface area contributed by atoms with Crippen molar-refractivity contribution in [1.29, 1.82) is 0 Å². The van der Waals surface area contributed by atoms with E-state index in [2.05, 4.69) is 13.8 Å². The van der Waals surface area contributed by atoms with E-state index in [-0.39, 0.29) is 5.78 Å². The fraction of sp³-hybridized carbons (Fsp3) is 0.500. The van der Waals surface area contributed by atoms with Gasteiger partial charge >= 0.3 is 0 Å². The van der Waals surface area contributed by atoms with Crippen molar-refractivity contribution in [1.82, 2.24) is 0 Å². The van der Waals surface area contributed by atoms with Crippen LogP contribution in [0, 0.1) is 5.92 Å². The number of carbonyl (C=O) groups is 1. The SMILES string of the molecule is CCCC(C)CC(=O)[C@H](N)c1ccccc1. The summed E-state index contributed by atoms with van der Waals surface area (Å²) in [6.07, 6.45) is 2.80. The molecule has 2 N–H and O–H groups in total. The molecule has 0 aliphatic rings. The molecule has 2 nitrogen and oxygen atoms in total. The molecule has 1 rings (SSSR count). The quantitative estimate of drug-likeness (QED) is 0.799. The maximum atomic E-state index is 11.9. The van der Waals surface area contributed by atoms with Crippen LogP contribution in [0.2, 0.25) is 0 Å². The molecule has 16 heavy (non-hydrogen) atoms. The van der Waals surface area contributed by atoms with Crippen molar-refractivity contribution in [3.63, 3.8) is 0 Å². The van der Waals surface area contributed by atoms with Gasteiger partial charge in [0, 0.05) is 6.42 Å². The minimum atomic E-state index is -0.458. The van der Waals surface area contributed by atoms with Gasteiger partial charge in [0.15, 0.2) is 5.78 Å². The van der Waals surface area contributed by atoms with E-state index in [4.69, 9.17) is 5.73 Å². The number of benzene rings is 1. The van der Waals surface area contributed by atoms with Crippen LogP contribution < -0.4 is 5.73 Å². The lowest BCUT2D eigenvalue weighted by molar-refractivity contribution is -0.121. The number of nitrogens with two attached hydrogens (primary N) is 1. The second-order valence-electron chi connectivity index (χ2n) is 4.45. The monoisotopic (exact) mass is 219 g/mol. The summed E-state index contributed by atoms with van der Waals surface area (Å²) in [5.41, 5.74) is 6.85. The zero-order chi connectivity index (χ0) is 12.0. The van der Waals surface area contributed by atoms with Crippen molar-refractivity contribution >= 4 is 5.78 Å². The highest BCUT2D eigenvalue weighted by molar-refractivity contribution is 5.85. The molecular weight excluding hydrogens is 198 g/mol. The van der Waals surface area contributed by atoms with Crippen LogP contribution in [0.3, 0.4) is 0 Å². The van der Waals surface area contributed by atoms with Crippen LogP contribution >= 0.6 is 0 Å². The number of hydrogen-bond acceptors (Lipinski definition) is 2. The molecule has 0 aliphatic carbocycles. The molecule has 2 heteroatoms. The first-order valence-electron chi connectivity index (χ1n) is 5.98.